The number of fused-ring (bicyclic) bond motifs is 3. The molecule has 5 rings (SSSR count). The zero-order chi connectivity index (χ0) is 23.2. The number of benzene rings is 3. The summed E-state index contributed by atoms with van der Waals surface area (Å²) in [4.78, 5) is 12.7. The van der Waals surface area contributed by atoms with Gasteiger partial charge < -0.3 is 10.5 Å². The van der Waals surface area contributed by atoms with Crippen molar-refractivity contribution in [2.75, 3.05) is 0 Å². The van der Waals surface area contributed by atoms with Gasteiger partial charge in [-0.15, -0.1) is 0 Å². The van der Waals surface area contributed by atoms with Crippen LogP contribution in [0.3, 0.4) is 0 Å². The fraction of sp³-hybridized carbons (Fsp3) is 0.148. The van der Waals surface area contributed by atoms with Gasteiger partial charge in [-0.3, -0.25) is 10.1 Å². The highest BCUT2D eigenvalue weighted by atomic mass is 16.6. The molecule has 0 bridgehead atoms. The normalized spacial score (nSPS) is 23.8. The van der Waals surface area contributed by atoms with E-state index < -0.39 is 17.6 Å². The largest absolute Gasteiger partial charge is 0.477 e. The molecule has 3 aromatic carbocycles. The van der Waals surface area contributed by atoms with E-state index in [0.717, 1.165) is 11.1 Å². The first-order valence-corrected chi connectivity index (χ1v) is 10.6. The van der Waals surface area contributed by atoms with Crippen molar-refractivity contribution in [3.63, 3.8) is 0 Å². The third kappa shape index (κ3) is 2.79. The number of rotatable bonds is 3. The second kappa shape index (κ2) is 7.64. The number of nitrogens with zero attached hydrogens (tertiary/aromatic N) is 2. The molecule has 1 heterocycles. The van der Waals surface area contributed by atoms with Crippen LogP contribution in [0.2, 0.25) is 0 Å². The summed E-state index contributed by atoms with van der Waals surface area (Å²) in [7, 11) is 0. The van der Waals surface area contributed by atoms with E-state index in [1.165, 1.54) is 0 Å². The number of nitriles is 1. The van der Waals surface area contributed by atoms with Gasteiger partial charge in [0.15, 0.2) is 0 Å². The van der Waals surface area contributed by atoms with Gasteiger partial charge in [-0.25, -0.2) is 0 Å². The summed E-state index contributed by atoms with van der Waals surface area (Å²) in [6.07, 6.45) is -1.01. The standard InChI is InChI=1S/C27H21N3O3/c1-17-23(18-10-4-2-5-11-18)21(16-28)25(29)27(30(31)32)24(17)20-14-8-9-15-22(20)33-26(27)19-12-6-3-7-13-19/h2-15,24,26H,29H2,1H3/t24-,26+,27-/m0/s1. The highest BCUT2D eigenvalue weighted by Gasteiger charge is 2.67. The van der Waals surface area contributed by atoms with Crippen LogP contribution in [0.5, 0.6) is 5.75 Å². The Morgan fingerprint density at radius 1 is 1.00 bits per heavy atom. The minimum Gasteiger partial charge on any atom is -0.477 e. The van der Waals surface area contributed by atoms with Gasteiger partial charge in [0.2, 0.25) is 6.10 Å². The van der Waals surface area contributed by atoms with Gasteiger partial charge >= 0.3 is 5.54 Å². The average Bonchev–Trinajstić information content (AvgIpc) is 2.85. The summed E-state index contributed by atoms with van der Waals surface area (Å²) in [5.41, 5.74) is 8.31. The second-order valence-electron chi connectivity index (χ2n) is 8.29. The van der Waals surface area contributed by atoms with Crippen molar-refractivity contribution in [1.82, 2.24) is 0 Å². The lowest BCUT2D eigenvalue weighted by Gasteiger charge is -2.46. The van der Waals surface area contributed by atoms with Crippen molar-refractivity contribution in [3.8, 4) is 11.8 Å². The quantitative estimate of drug-likeness (QED) is 0.453. The Morgan fingerprint density at radius 3 is 2.24 bits per heavy atom. The molecule has 3 aromatic rings. The molecule has 33 heavy (non-hydrogen) atoms. The SMILES string of the molecule is CC1=C(c2ccccc2)C(C#N)=C(N)[C@]2([N+](=O)[O-])[C@@H](c3ccccc3)Oc3ccccc3[C@H]12. The lowest BCUT2D eigenvalue weighted by molar-refractivity contribution is -0.576. The lowest BCUT2D eigenvalue weighted by Crippen LogP contribution is -2.59. The first-order chi connectivity index (χ1) is 16.0. The minimum atomic E-state index is -1.87. The Morgan fingerprint density at radius 2 is 1.61 bits per heavy atom. The molecular weight excluding hydrogens is 414 g/mol. The number of hydrogen-bond acceptors (Lipinski definition) is 5. The third-order valence-electron chi connectivity index (χ3n) is 6.67. The van der Waals surface area contributed by atoms with Gasteiger partial charge in [0.1, 0.15) is 17.5 Å². The van der Waals surface area contributed by atoms with Gasteiger partial charge in [-0.2, -0.15) is 5.26 Å². The van der Waals surface area contributed by atoms with Gasteiger partial charge in [-0.05, 0) is 24.1 Å². The zero-order valence-electron chi connectivity index (χ0n) is 17.9. The Hall–Kier alpha value is -4.37. The van der Waals surface area contributed by atoms with E-state index in [-0.39, 0.29) is 16.2 Å². The Bertz CT molecular complexity index is 1360. The Balaban J connectivity index is 1.91. The van der Waals surface area contributed by atoms with E-state index in [4.69, 9.17) is 10.5 Å². The predicted molar refractivity (Wildman–Crippen MR) is 125 cm³/mol. The summed E-state index contributed by atoms with van der Waals surface area (Å²) >= 11 is 0. The van der Waals surface area contributed by atoms with Crippen molar-refractivity contribution < 1.29 is 9.66 Å². The molecule has 0 saturated carbocycles. The van der Waals surface area contributed by atoms with Crippen LogP contribution in [0.4, 0.5) is 0 Å². The van der Waals surface area contributed by atoms with Crippen molar-refractivity contribution in [3.05, 3.63) is 129 Å². The molecule has 0 aromatic heterocycles. The molecular formula is C27H21N3O3. The van der Waals surface area contributed by atoms with Crippen molar-refractivity contribution in [2.24, 2.45) is 5.73 Å². The smallest absolute Gasteiger partial charge is 0.312 e. The number of allylic oxidation sites excluding steroid dienone is 2. The topological polar surface area (TPSA) is 102 Å². The summed E-state index contributed by atoms with van der Waals surface area (Å²) in [6.45, 7) is 1.86. The van der Waals surface area contributed by atoms with Crippen LogP contribution in [0.25, 0.3) is 5.57 Å². The maximum absolute atomic E-state index is 13.0. The molecule has 2 aliphatic rings. The molecule has 162 valence electrons. The molecule has 0 fully saturated rings. The van der Waals surface area contributed by atoms with E-state index in [1.54, 1.807) is 12.1 Å². The Kier molecular flexibility index (Phi) is 4.75. The van der Waals surface area contributed by atoms with Crippen molar-refractivity contribution in [2.45, 2.75) is 24.5 Å². The fourth-order valence-electron chi connectivity index (χ4n) is 5.31. The van der Waals surface area contributed by atoms with Crippen LogP contribution >= 0.6 is 0 Å². The van der Waals surface area contributed by atoms with Crippen LogP contribution in [0, 0.1) is 21.4 Å². The summed E-state index contributed by atoms with van der Waals surface area (Å²) in [6, 6.07) is 28.0. The maximum atomic E-state index is 13.0. The molecule has 2 N–H and O–H groups in total. The van der Waals surface area contributed by atoms with Crippen molar-refractivity contribution >= 4 is 5.57 Å². The average molecular weight is 435 g/mol. The van der Waals surface area contributed by atoms with Crippen LogP contribution in [-0.2, 0) is 0 Å². The number of para-hydroxylation sites is 1. The van der Waals surface area contributed by atoms with Gasteiger partial charge in [-0.1, -0.05) is 78.9 Å². The van der Waals surface area contributed by atoms with E-state index in [0.29, 0.717) is 22.4 Å². The van der Waals surface area contributed by atoms with E-state index in [2.05, 4.69) is 6.07 Å². The minimum absolute atomic E-state index is 0.0761. The molecule has 1 aliphatic carbocycles. The Labute approximate surface area is 191 Å². The number of hydrogen-bond donors (Lipinski definition) is 1. The molecule has 0 spiro atoms. The fourth-order valence-corrected chi connectivity index (χ4v) is 5.31. The van der Waals surface area contributed by atoms with Gasteiger partial charge in [0, 0.05) is 21.6 Å². The zero-order valence-corrected chi connectivity index (χ0v) is 17.9. The number of nitro groups is 1. The molecule has 3 atom stereocenters. The highest BCUT2D eigenvalue weighted by molar-refractivity contribution is 5.89. The molecule has 0 unspecified atom stereocenters. The summed E-state index contributed by atoms with van der Waals surface area (Å²) in [5.74, 6) is -0.135. The van der Waals surface area contributed by atoms with E-state index in [9.17, 15) is 15.4 Å². The second-order valence-corrected chi connectivity index (χ2v) is 8.29. The summed E-state index contributed by atoms with van der Waals surface area (Å²) in [5, 5.41) is 23.2. The van der Waals surface area contributed by atoms with Crippen LogP contribution in [0.1, 0.15) is 35.6 Å². The van der Waals surface area contributed by atoms with Crippen LogP contribution < -0.4 is 10.5 Å². The molecule has 0 saturated heterocycles. The monoisotopic (exact) mass is 435 g/mol. The number of nitrogens with two attached hydrogens (primary N) is 1. The summed E-state index contributed by atoms with van der Waals surface area (Å²) < 4.78 is 6.32. The van der Waals surface area contributed by atoms with Gasteiger partial charge in [0.25, 0.3) is 0 Å². The highest BCUT2D eigenvalue weighted by Crippen LogP contribution is 2.59. The first-order valence-electron chi connectivity index (χ1n) is 10.6. The molecule has 6 nitrogen and oxygen atoms in total. The molecule has 6 heteroatoms. The van der Waals surface area contributed by atoms with Gasteiger partial charge in [0.05, 0.1) is 11.5 Å². The first kappa shape index (κ1) is 20.5. The van der Waals surface area contributed by atoms with E-state index in [1.807, 2.05) is 79.7 Å². The molecule has 0 amide bonds. The van der Waals surface area contributed by atoms with Crippen LogP contribution in [0.15, 0.2) is 102 Å². The predicted octanol–water partition coefficient (Wildman–Crippen LogP) is 5.14. The number of ether oxygens (including phenoxy) is 1. The van der Waals surface area contributed by atoms with E-state index >= 15 is 0 Å². The third-order valence-corrected chi connectivity index (χ3v) is 6.67. The van der Waals surface area contributed by atoms with Crippen molar-refractivity contribution in [1.29, 1.82) is 5.26 Å². The lowest BCUT2D eigenvalue weighted by atomic mass is 9.61. The molecule has 0 radical (unpaired) electrons. The van der Waals surface area contributed by atoms with Crippen LogP contribution in [-0.4, -0.2) is 10.5 Å². The molecule has 1 aliphatic heterocycles. The maximum Gasteiger partial charge on any atom is 0.312 e.